The topological polar surface area (TPSA) is 90.7 Å². The molecule has 0 aromatic carbocycles. The number of nitrogens with two attached hydrogens (primary N) is 1. The summed E-state index contributed by atoms with van der Waals surface area (Å²) in [6.07, 6.45) is 0.798. The summed E-state index contributed by atoms with van der Waals surface area (Å²) in [6.45, 7) is 2.28. The van der Waals surface area contributed by atoms with Crippen LogP contribution in [0.5, 0.6) is 0 Å². The zero-order chi connectivity index (χ0) is 9.97. The van der Waals surface area contributed by atoms with Crippen LogP contribution in [-0.2, 0) is 13.0 Å². The van der Waals surface area contributed by atoms with Gasteiger partial charge in [-0.05, 0) is 18.0 Å². The lowest BCUT2D eigenvalue weighted by Crippen LogP contribution is -1.97. The van der Waals surface area contributed by atoms with Crippen LogP contribution >= 0.6 is 11.5 Å². The van der Waals surface area contributed by atoms with Gasteiger partial charge in [0.05, 0.1) is 12.2 Å². The lowest BCUT2D eigenvalue weighted by Gasteiger charge is -1.88. The van der Waals surface area contributed by atoms with E-state index in [9.17, 15) is 0 Å². The molecule has 0 aliphatic carbocycles. The van der Waals surface area contributed by atoms with E-state index in [1.165, 1.54) is 11.5 Å². The molecule has 0 spiro atoms. The summed E-state index contributed by atoms with van der Waals surface area (Å²) in [5.74, 6) is 0.952. The molecular weight excluding hydrogens is 202 g/mol. The average molecular weight is 211 g/mol. The minimum absolute atomic E-state index is 0.275. The highest BCUT2D eigenvalue weighted by atomic mass is 32.1. The zero-order valence-corrected chi connectivity index (χ0v) is 8.41. The van der Waals surface area contributed by atoms with Crippen molar-refractivity contribution in [3.8, 4) is 10.8 Å². The van der Waals surface area contributed by atoms with Gasteiger partial charge in [0.25, 0.3) is 5.89 Å². The molecule has 14 heavy (non-hydrogen) atoms. The molecule has 74 valence electrons. The van der Waals surface area contributed by atoms with Crippen LogP contribution in [-0.4, -0.2) is 19.7 Å². The van der Waals surface area contributed by atoms with Crippen molar-refractivity contribution in [2.45, 2.75) is 19.9 Å². The first-order chi connectivity index (χ1) is 6.85. The molecular formula is C7H9N5OS. The van der Waals surface area contributed by atoms with E-state index in [1.54, 1.807) is 0 Å². The summed E-state index contributed by atoms with van der Waals surface area (Å²) in [5, 5.41) is 7.66. The molecule has 0 aliphatic rings. The second-order valence-corrected chi connectivity index (χ2v) is 3.38. The van der Waals surface area contributed by atoms with Crippen molar-refractivity contribution in [3.63, 3.8) is 0 Å². The van der Waals surface area contributed by atoms with Crippen molar-refractivity contribution in [1.82, 2.24) is 19.7 Å². The first-order valence-electron chi connectivity index (χ1n) is 4.19. The molecule has 0 amide bonds. The van der Waals surface area contributed by atoms with Crippen molar-refractivity contribution in [2.24, 2.45) is 5.73 Å². The van der Waals surface area contributed by atoms with Gasteiger partial charge in [-0.1, -0.05) is 16.6 Å². The summed E-state index contributed by atoms with van der Waals surface area (Å²) >= 11 is 1.25. The zero-order valence-electron chi connectivity index (χ0n) is 7.60. The summed E-state index contributed by atoms with van der Waals surface area (Å²) in [7, 11) is 0. The van der Waals surface area contributed by atoms with E-state index in [0.29, 0.717) is 11.7 Å². The fourth-order valence-corrected chi connectivity index (χ4v) is 1.70. The number of hydrogen-bond acceptors (Lipinski definition) is 7. The summed E-state index contributed by atoms with van der Waals surface area (Å²) < 4.78 is 8.87. The minimum Gasteiger partial charge on any atom is -0.333 e. The molecule has 2 heterocycles. The van der Waals surface area contributed by atoms with Gasteiger partial charge in [0.1, 0.15) is 4.88 Å². The van der Waals surface area contributed by atoms with Crippen molar-refractivity contribution < 1.29 is 4.52 Å². The van der Waals surface area contributed by atoms with E-state index in [-0.39, 0.29) is 6.54 Å². The predicted octanol–water partition coefficient (Wildman–Crippen LogP) is 0.609. The van der Waals surface area contributed by atoms with Crippen LogP contribution in [0.25, 0.3) is 10.8 Å². The number of hydrogen-bond donors (Lipinski definition) is 1. The molecule has 0 aliphatic heterocycles. The molecule has 6 nitrogen and oxygen atoms in total. The SMILES string of the molecule is CCc1nnsc1-c1nc(CN)no1. The standard InChI is InChI=1S/C7H9N5OS/c1-2-4-6(14-12-10-4)7-9-5(3-8)11-13-7/h2-3,8H2,1H3. The van der Waals surface area contributed by atoms with Gasteiger partial charge in [0, 0.05) is 0 Å². The highest BCUT2D eigenvalue weighted by Gasteiger charge is 2.15. The Kier molecular flexibility index (Phi) is 2.51. The van der Waals surface area contributed by atoms with E-state index in [0.717, 1.165) is 17.0 Å². The summed E-state index contributed by atoms with van der Waals surface area (Å²) in [6, 6.07) is 0. The highest BCUT2D eigenvalue weighted by Crippen LogP contribution is 2.24. The molecule has 0 saturated carbocycles. The Bertz CT molecular complexity index is 423. The Morgan fingerprint density at radius 2 is 2.36 bits per heavy atom. The maximum Gasteiger partial charge on any atom is 0.271 e. The van der Waals surface area contributed by atoms with E-state index in [2.05, 4.69) is 19.7 Å². The fourth-order valence-electron chi connectivity index (χ4n) is 1.03. The van der Waals surface area contributed by atoms with E-state index < -0.39 is 0 Å². The van der Waals surface area contributed by atoms with Gasteiger partial charge in [-0.2, -0.15) is 4.98 Å². The predicted molar refractivity (Wildman–Crippen MR) is 50.5 cm³/mol. The maximum atomic E-state index is 5.37. The van der Waals surface area contributed by atoms with Gasteiger partial charge in [-0.25, -0.2) is 0 Å². The largest absolute Gasteiger partial charge is 0.333 e. The van der Waals surface area contributed by atoms with Gasteiger partial charge < -0.3 is 10.3 Å². The molecule has 2 N–H and O–H groups in total. The lowest BCUT2D eigenvalue weighted by molar-refractivity contribution is 0.423. The second-order valence-electron chi connectivity index (χ2n) is 2.62. The van der Waals surface area contributed by atoms with Crippen LogP contribution in [0.15, 0.2) is 4.52 Å². The highest BCUT2D eigenvalue weighted by molar-refractivity contribution is 7.09. The normalized spacial score (nSPS) is 10.7. The number of aromatic nitrogens is 4. The van der Waals surface area contributed by atoms with Gasteiger partial charge in [-0.3, -0.25) is 0 Å². The smallest absolute Gasteiger partial charge is 0.271 e. The van der Waals surface area contributed by atoms with Crippen LogP contribution in [0.3, 0.4) is 0 Å². The average Bonchev–Trinajstić information content (AvgIpc) is 2.85. The number of rotatable bonds is 3. The molecule has 0 bridgehead atoms. The third-order valence-electron chi connectivity index (χ3n) is 1.74. The first-order valence-corrected chi connectivity index (χ1v) is 4.96. The number of aryl methyl sites for hydroxylation is 1. The summed E-state index contributed by atoms with van der Waals surface area (Å²) in [4.78, 5) is 4.94. The minimum atomic E-state index is 0.275. The van der Waals surface area contributed by atoms with E-state index in [1.807, 2.05) is 6.92 Å². The van der Waals surface area contributed by atoms with Crippen LogP contribution in [0.2, 0.25) is 0 Å². The van der Waals surface area contributed by atoms with Crippen molar-refractivity contribution in [1.29, 1.82) is 0 Å². The Hall–Kier alpha value is -1.34. The van der Waals surface area contributed by atoms with E-state index in [4.69, 9.17) is 10.3 Å². The van der Waals surface area contributed by atoms with Crippen LogP contribution in [0.1, 0.15) is 18.4 Å². The van der Waals surface area contributed by atoms with Crippen LogP contribution in [0, 0.1) is 0 Å². The Labute approximate surface area is 84.3 Å². The molecule has 0 saturated heterocycles. The van der Waals surface area contributed by atoms with Crippen molar-refractivity contribution >= 4 is 11.5 Å². The Morgan fingerprint density at radius 1 is 1.50 bits per heavy atom. The lowest BCUT2D eigenvalue weighted by atomic mass is 10.3. The molecule has 0 unspecified atom stereocenters. The van der Waals surface area contributed by atoms with Crippen molar-refractivity contribution in [3.05, 3.63) is 11.5 Å². The second kappa shape index (κ2) is 3.81. The molecule has 0 atom stereocenters. The van der Waals surface area contributed by atoms with E-state index >= 15 is 0 Å². The monoisotopic (exact) mass is 211 g/mol. The van der Waals surface area contributed by atoms with Gasteiger partial charge in [-0.15, -0.1) is 5.10 Å². The molecule has 2 aromatic heterocycles. The van der Waals surface area contributed by atoms with Crippen LogP contribution in [0.4, 0.5) is 0 Å². The number of nitrogens with zero attached hydrogens (tertiary/aromatic N) is 4. The quantitative estimate of drug-likeness (QED) is 0.799. The Balaban J connectivity index is 2.38. The molecule has 2 rings (SSSR count). The molecule has 0 fully saturated rings. The van der Waals surface area contributed by atoms with Gasteiger partial charge >= 0.3 is 0 Å². The van der Waals surface area contributed by atoms with Gasteiger partial charge in [0.2, 0.25) is 0 Å². The van der Waals surface area contributed by atoms with Crippen LogP contribution < -0.4 is 5.73 Å². The third kappa shape index (κ3) is 1.51. The molecule has 7 heteroatoms. The summed E-state index contributed by atoms with van der Waals surface area (Å²) in [5.41, 5.74) is 6.25. The molecule has 2 aromatic rings. The van der Waals surface area contributed by atoms with Gasteiger partial charge in [0.15, 0.2) is 5.82 Å². The maximum absolute atomic E-state index is 5.37. The Morgan fingerprint density at radius 3 is 3.00 bits per heavy atom. The fraction of sp³-hybridized carbons (Fsp3) is 0.429. The first kappa shape index (κ1) is 9.22. The molecule has 0 radical (unpaired) electrons. The third-order valence-corrected chi connectivity index (χ3v) is 2.49. The van der Waals surface area contributed by atoms with Crippen molar-refractivity contribution in [2.75, 3.05) is 0 Å².